The molecular formula is C20H32N4O. The summed E-state index contributed by atoms with van der Waals surface area (Å²) in [6, 6.07) is 11.1. The van der Waals surface area contributed by atoms with Crippen molar-refractivity contribution < 1.29 is 4.79 Å². The molecule has 0 radical (unpaired) electrons. The Kier molecular flexibility index (Phi) is 6.19. The fourth-order valence-corrected chi connectivity index (χ4v) is 3.91. The van der Waals surface area contributed by atoms with Crippen LogP contribution in [0.25, 0.3) is 0 Å². The van der Waals surface area contributed by atoms with E-state index in [0.29, 0.717) is 17.9 Å². The van der Waals surface area contributed by atoms with Crippen LogP contribution in [0.15, 0.2) is 30.3 Å². The van der Waals surface area contributed by atoms with Gasteiger partial charge in [-0.1, -0.05) is 18.2 Å². The predicted octanol–water partition coefficient (Wildman–Crippen LogP) is 2.54. The monoisotopic (exact) mass is 344 g/mol. The van der Waals surface area contributed by atoms with Gasteiger partial charge in [0.25, 0.3) is 0 Å². The third-order valence-electron chi connectivity index (χ3n) is 5.56. The molecule has 2 saturated heterocycles. The second kappa shape index (κ2) is 8.56. The number of anilines is 1. The summed E-state index contributed by atoms with van der Waals surface area (Å²) in [5, 5.41) is 6.12. The van der Waals surface area contributed by atoms with Crippen LogP contribution in [0.1, 0.15) is 26.7 Å². The molecule has 2 aliphatic rings. The van der Waals surface area contributed by atoms with E-state index >= 15 is 0 Å². The average molecular weight is 345 g/mol. The molecule has 2 aliphatic heterocycles. The topological polar surface area (TPSA) is 47.6 Å². The maximum atomic E-state index is 12.1. The standard InChI is InChI=1S/C20H32N4O/c1-16(2)23-10-8-17(14-23)12-21-20(25)22-13-18-9-11-24(15-18)19-6-4-3-5-7-19/h3-7,16-18H,8-15H2,1-2H3,(H2,21,22,25)/t17-,18+/m0/s1. The fourth-order valence-electron chi connectivity index (χ4n) is 3.91. The number of hydrogen-bond acceptors (Lipinski definition) is 3. The van der Waals surface area contributed by atoms with E-state index in [0.717, 1.165) is 45.7 Å². The molecular weight excluding hydrogens is 312 g/mol. The zero-order chi connectivity index (χ0) is 17.6. The number of carbonyl (C=O) groups excluding carboxylic acids is 1. The van der Waals surface area contributed by atoms with Gasteiger partial charge < -0.3 is 20.4 Å². The van der Waals surface area contributed by atoms with E-state index in [9.17, 15) is 4.79 Å². The molecule has 2 heterocycles. The largest absolute Gasteiger partial charge is 0.371 e. The van der Waals surface area contributed by atoms with Crippen LogP contribution in [0, 0.1) is 11.8 Å². The van der Waals surface area contributed by atoms with E-state index in [-0.39, 0.29) is 6.03 Å². The highest BCUT2D eigenvalue weighted by Gasteiger charge is 2.25. The molecule has 2 atom stereocenters. The number of nitrogens with zero attached hydrogens (tertiary/aromatic N) is 2. The predicted molar refractivity (Wildman–Crippen MR) is 103 cm³/mol. The van der Waals surface area contributed by atoms with Crippen LogP contribution in [0.3, 0.4) is 0 Å². The number of urea groups is 1. The summed E-state index contributed by atoms with van der Waals surface area (Å²) in [5.74, 6) is 1.13. The minimum atomic E-state index is -0.0128. The summed E-state index contributed by atoms with van der Waals surface area (Å²) in [6.07, 6.45) is 2.33. The molecule has 0 aliphatic carbocycles. The van der Waals surface area contributed by atoms with Gasteiger partial charge in [-0.2, -0.15) is 0 Å². The highest BCUT2D eigenvalue weighted by molar-refractivity contribution is 5.73. The van der Waals surface area contributed by atoms with E-state index in [2.05, 4.69) is 58.5 Å². The van der Waals surface area contributed by atoms with Crippen LogP contribution in [-0.4, -0.2) is 56.2 Å². The Bertz CT molecular complexity index is 548. The molecule has 138 valence electrons. The first-order valence-corrected chi connectivity index (χ1v) is 9.67. The Hall–Kier alpha value is -1.75. The van der Waals surface area contributed by atoms with Gasteiger partial charge in [-0.05, 0) is 57.2 Å². The van der Waals surface area contributed by atoms with Crippen LogP contribution in [0.5, 0.6) is 0 Å². The number of para-hydroxylation sites is 1. The van der Waals surface area contributed by atoms with Gasteiger partial charge in [-0.15, -0.1) is 0 Å². The number of benzene rings is 1. The lowest BCUT2D eigenvalue weighted by atomic mass is 10.1. The number of nitrogens with one attached hydrogen (secondary N) is 2. The summed E-state index contributed by atoms with van der Waals surface area (Å²) in [6.45, 7) is 10.4. The Morgan fingerprint density at radius 1 is 1.04 bits per heavy atom. The van der Waals surface area contributed by atoms with Gasteiger partial charge in [0, 0.05) is 44.5 Å². The Balaban J connectivity index is 1.32. The maximum Gasteiger partial charge on any atom is 0.314 e. The quantitative estimate of drug-likeness (QED) is 0.834. The summed E-state index contributed by atoms with van der Waals surface area (Å²) >= 11 is 0. The highest BCUT2D eigenvalue weighted by Crippen LogP contribution is 2.23. The fraction of sp³-hybridized carbons (Fsp3) is 0.650. The van der Waals surface area contributed by atoms with Crippen molar-refractivity contribution in [1.29, 1.82) is 0 Å². The molecule has 0 saturated carbocycles. The first kappa shape index (κ1) is 18.1. The number of amides is 2. The van der Waals surface area contributed by atoms with Gasteiger partial charge in [0.1, 0.15) is 0 Å². The van der Waals surface area contributed by atoms with Crippen molar-refractivity contribution in [3.8, 4) is 0 Å². The summed E-state index contributed by atoms with van der Waals surface area (Å²) < 4.78 is 0. The highest BCUT2D eigenvalue weighted by atomic mass is 16.2. The van der Waals surface area contributed by atoms with Crippen LogP contribution >= 0.6 is 0 Å². The van der Waals surface area contributed by atoms with Crippen LogP contribution < -0.4 is 15.5 Å². The molecule has 0 bridgehead atoms. The summed E-state index contributed by atoms with van der Waals surface area (Å²) in [4.78, 5) is 17.0. The van der Waals surface area contributed by atoms with Crippen molar-refractivity contribution >= 4 is 11.7 Å². The molecule has 1 aromatic rings. The first-order chi connectivity index (χ1) is 12.1. The summed E-state index contributed by atoms with van der Waals surface area (Å²) in [5.41, 5.74) is 1.28. The SMILES string of the molecule is CC(C)N1CC[C@@H](CNC(=O)NC[C@H]2CCN(c3ccccc3)C2)C1. The van der Waals surface area contributed by atoms with Gasteiger partial charge in [-0.3, -0.25) is 0 Å². The van der Waals surface area contributed by atoms with E-state index in [1.807, 2.05) is 6.07 Å². The maximum absolute atomic E-state index is 12.1. The van der Waals surface area contributed by atoms with Crippen LogP contribution in [0.4, 0.5) is 10.5 Å². The van der Waals surface area contributed by atoms with E-state index in [1.165, 1.54) is 12.1 Å². The lowest BCUT2D eigenvalue weighted by Gasteiger charge is -2.20. The lowest BCUT2D eigenvalue weighted by molar-refractivity contribution is 0.235. The molecule has 5 heteroatoms. The minimum absolute atomic E-state index is 0.0128. The van der Waals surface area contributed by atoms with Crippen molar-refractivity contribution in [3.05, 3.63) is 30.3 Å². The Labute approximate surface area is 151 Å². The Morgan fingerprint density at radius 3 is 2.32 bits per heavy atom. The number of likely N-dealkylation sites (tertiary alicyclic amines) is 1. The van der Waals surface area contributed by atoms with Crippen molar-refractivity contribution in [2.24, 2.45) is 11.8 Å². The van der Waals surface area contributed by atoms with Gasteiger partial charge in [0.05, 0.1) is 0 Å². The number of carbonyl (C=O) groups is 1. The molecule has 25 heavy (non-hydrogen) atoms. The molecule has 0 spiro atoms. The second-order valence-corrected chi connectivity index (χ2v) is 7.77. The lowest BCUT2D eigenvalue weighted by Crippen LogP contribution is -2.41. The first-order valence-electron chi connectivity index (χ1n) is 9.67. The van der Waals surface area contributed by atoms with Crippen LogP contribution in [-0.2, 0) is 0 Å². The summed E-state index contributed by atoms with van der Waals surface area (Å²) in [7, 11) is 0. The third-order valence-corrected chi connectivity index (χ3v) is 5.56. The normalized spacial score (nSPS) is 24.0. The second-order valence-electron chi connectivity index (χ2n) is 7.77. The van der Waals surface area contributed by atoms with Crippen molar-refractivity contribution in [3.63, 3.8) is 0 Å². The molecule has 5 nitrogen and oxygen atoms in total. The molecule has 2 N–H and O–H groups in total. The average Bonchev–Trinajstić information content (AvgIpc) is 3.28. The minimum Gasteiger partial charge on any atom is -0.371 e. The van der Waals surface area contributed by atoms with Gasteiger partial charge in [0.15, 0.2) is 0 Å². The number of rotatable bonds is 6. The van der Waals surface area contributed by atoms with Crippen LogP contribution in [0.2, 0.25) is 0 Å². The van der Waals surface area contributed by atoms with Crippen molar-refractivity contribution in [2.75, 3.05) is 44.2 Å². The Morgan fingerprint density at radius 2 is 1.68 bits per heavy atom. The van der Waals surface area contributed by atoms with E-state index in [4.69, 9.17) is 0 Å². The molecule has 2 fully saturated rings. The van der Waals surface area contributed by atoms with Gasteiger partial charge in [-0.25, -0.2) is 4.79 Å². The zero-order valence-corrected chi connectivity index (χ0v) is 15.6. The van der Waals surface area contributed by atoms with Gasteiger partial charge in [0.2, 0.25) is 0 Å². The molecule has 0 unspecified atom stereocenters. The van der Waals surface area contributed by atoms with E-state index < -0.39 is 0 Å². The molecule has 0 aromatic heterocycles. The zero-order valence-electron chi connectivity index (χ0n) is 15.6. The molecule has 3 rings (SSSR count). The number of hydrogen-bond donors (Lipinski definition) is 2. The van der Waals surface area contributed by atoms with Crippen molar-refractivity contribution in [2.45, 2.75) is 32.7 Å². The van der Waals surface area contributed by atoms with Gasteiger partial charge >= 0.3 is 6.03 Å². The molecule has 2 amide bonds. The third kappa shape index (κ3) is 5.11. The smallest absolute Gasteiger partial charge is 0.314 e. The molecule has 1 aromatic carbocycles. The van der Waals surface area contributed by atoms with Crippen molar-refractivity contribution in [1.82, 2.24) is 15.5 Å². The van der Waals surface area contributed by atoms with E-state index in [1.54, 1.807) is 0 Å².